The van der Waals surface area contributed by atoms with E-state index in [0.29, 0.717) is 35.6 Å². The molecule has 0 radical (unpaired) electrons. The number of halogens is 2. The molecule has 0 fully saturated rings. The van der Waals surface area contributed by atoms with E-state index in [-0.39, 0.29) is 12.5 Å². The maximum atomic E-state index is 11.9. The molecule has 2 aromatic rings. The van der Waals surface area contributed by atoms with Crippen LogP contribution < -0.4 is 14.8 Å². The van der Waals surface area contributed by atoms with Crippen molar-refractivity contribution in [1.29, 1.82) is 0 Å². The first-order valence-corrected chi connectivity index (χ1v) is 9.62. The molecule has 2 aromatic carbocycles. The summed E-state index contributed by atoms with van der Waals surface area (Å²) in [6.45, 7) is 6.89. The van der Waals surface area contributed by atoms with Gasteiger partial charge in [0, 0.05) is 5.02 Å². The molecule has 0 atom stereocenters. The van der Waals surface area contributed by atoms with Crippen LogP contribution in [0.15, 0.2) is 40.9 Å². The van der Waals surface area contributed by atoms with Crippen molar-refractivity contribution in [2.45, 2.75) is 26.7 Å². The molecule has 1 N–H and O–H groups in total. The number of carbonyl (C=O) groups is 1. The van der Waals surface area contributed by atoms with Gasteiger partial charge in [0.05, 0.1) is 11.0 Å². The quantitative estimate of drug-likeness (QED) is 0.580. The maximum absolute atomic E-state index is 11.9. The Kier molecular flexibility index (Phi) is 7.79. The highest BCUT2D eigenvalue weighted by molar-refractivity contribution is 9.10. The van der Waals surface area contributed by atoms with E-state index < -0.39 is 0 Å². The van der Waals surface area contributed by atoms with Crippen molar-refractivity contribution in [2.75, 3.05) is 19.8 Å². The molecular formula is C20H23BrClNO3. The van der Waals surface area contributed by atoms with Gasteiger partial charge in [0.2, 0.25) is 0 Å². The maximum Gasteiger partial charge on any atom is 0.258 e. The number of nitrogens with one attached hydrogen (secondary N) is 1. The van der Waals surface area contributed by atoms with Crippen LogP contribution in [-0.4, -0.2) is 25.7 Å². The zero-order valence-electron chi connectivity index (χ0n) is 15.1. The Labute approximate surface area is 168 Å². The lowest BCUT2D eigenvalue weighted by Gasteiger charge is -2.12. The minimum atomic E-state index is -0.199. The zero-order valence-corrected chi connectivity index (χ0v) is 17.5. The molecule has 1 amide bonds. The van der Waals surface area contributed by atoms with Crippen LogP contribution in [0.4, 0.5) is 0 Å². The van der Waals surface area contributed by atoms with Crippen LogP contribution >= 0.6 is 27.5 Å². The normalized spacial score (nSPS) is 10.7. The third-order valence-electron chi connectivity index (χ3n) is 3.82. The average molecular weight is 441 g/mol. The fourth-order valence-corrected chi connectivity index (χ4v) is 2.89. The van der Waals surface area contributed by atoms with Gasteiger partial charge in [-0.25, -0.2) is 0 Å². The minimum absolute atomic E-state index is 0.0456. The number of aryl methyl sites for hydroxylation is 1. The van der Waals surface area contributed by atoms with Crippen LogP contribution in [0.5, 0.6) is 11.5 Å². The highest BCUT2D eigenvalue weighted by Crippen LogP contribution is 2.28. The molecule has 140 valence electrons. The van der Waals surface area contributed by atoms with Crippen molar-refractivity contribution in [3.8, 4) is 11.5 Å². The van der Waals surface area contributed by atoms with E-state index in [1.807, 2.05) is 37.3 Å². The molecule has 0 heterocycles. The van der Waals surface area contributed by atoms with E-state index in [2.05, 4.69) is 35.1 Å². The van der Waals surface area contributed by atoms with Crippen LogP contribution in [0, 0.1) is 6.92 Å². The Hall–Kier alpha value is -1.72. The summed E-state index contributed by atoms with van der Waals surface area (Å²) < 4.78 is 12.0. The Balaban J connectivity index is 1.71. The van der Waals surface area contributed by atoms with Gasteiger partial charge < -0.3 is 14.8 Å². The van der Waals surface area contributed by atoms with Crippen LogP contribution in [-0.2, 0) is 4.79 Å². The number of hydrogen-bond acceptors (Lipinski definition) is 3. The number of amides is 1. The summed E-state index contributed by atoms with van der Waals surface area (Å²) in [5.41, 5.74) is 2.21. The van der Waals surface area contributed by atoms with Crippen molar-refractivity contribution in [3.63, 3.8) is 0 Å². The molecule has 4 nitrogen and oxygen atoms in total. The van der Waals surface area contributed by atoms with Crippen LogP contribution in [0.1, 0.15) is 30.9 Å². The Bertz CT molecular complexity index is 765. The van der Waals surface area contributed by atoms with Crippen LogP contribution in [0.3, 0.4) is 0 Å². The Morgan fingerprint density at radius 3 is 2.62 bits per heavy atom. The van der Waals surface area contributed by atoms with Gasteiger partial charge in [-0.2, -0.15) is 0 Å². The van der Waals surface area contributed by atoms with Gasteiger partial charge in [-0.3, -0.25) is 4.79 Å². The van der Waals surface area contributed by atoms with E-state index in [0.717, 1.165) is 10.0 Å². The fraction of sp³-hybridized carbons (Fsp3) is 0.350. The predicted octanol–water partition coefficient (Wildman–Crippen LogP) is 5.11. The lowest BCUT2D eigenvalue weighted by atomic mass is 10.0. The summed E-state index contributed by atoms with van der Waals surface area (Å²) in [6.07, 6.45) is 0. The van der Waals surface area contributed by atoms with Crippen molar-refractivity contribution in [2.24, 2.45) is 0 Å². The van der Waals surface area contributed by atoms with Crippen molar-refractivity contribution < 1.29 is 14.3 Å². The molecule has 0 aliphatic rings. The highest BCUT2D eigenvalue weighted by Gasteiger charge is 2.08. The van der Waals surface area contributed by atoms with Crippen molar-refractivity contribution in [1.82, 2.24) is 5.32 Å². The Morgan fingerprint density at radius 1 is 1.19 bits per heavy atom. The largest absolute Gasteiger partial charge is 0.492 e. The van der Waals surface area contributed by atoms with Gasteiger partial charge in [0.1, 0.15) is 18.1 Å². The van der Waals surface area contributed by atoms with Gasteiger partial charge in [-0.15, -0.1) is 0 Å². The van der Waals surface area contributed by atoms with E-state index in [1.54, 1.807) is 6.07 Å². The summed E-state index contributed by atoms with van der Waals surface area (Å²) >= 11 is 9.52. The van der Waals surface area contributed by atoms with Gasteiger partial charge in [0.15, 0.2) is 6.61 Å². The molecular weight excluding hydrogens is 418 g/mol. The SMILES string of the molecule is Cc1ccc(OCCNC(=O)COc2ccc(C(C)C)cc2Br)cc1Cl. The second-order valence-corrected chi connectivity index (χ2v) is 7.50. The second-order valence-electron chi connectivity index (χ2n) is 6.24. The first-order valence-electron chi connectivity index (χ1n) is 8.44. The third kappa shape index (κ3) is 6.22. The monoisotopic (exact) mass is 439 g/mol. The molecule has 0 aromatic heterocycles. The van der Waals surface area contributed by atoms with E-state index in [1.165, 1.54) is 5.56 Å². The summed E-state index contributed by atoms with van der Waals surface area (Å²) in [5, 5.41) is 3.42. The number of rotatable bonds is 8. The summed E-state index contributed by atoms with van der Waals surface area (Å²) in [6, 6.07) is 11.4. The molecule has 0 aliphatic carbocycles. The fourth-order valence-electron chi connectivity index (χ4n) is 2.21. The molecule has 0 spiro atoms. The first kappa shape index (κ1) is 20.6. The van der Waals surface area contributed by atoms with E-state index in [4.69, 9.17) is 21.1 Å². The number of hydrogen-bond donors (Lipinski definition) is 1. The van der Waals surface area contributed by atoms with Gasteiger partial charge >= 0.3 is 0 Å². The van der Waals surface area contributed by atoms with Gasteiger partial charge in [-0.05, 0) is 64.2 Å². The van der Waals surface area contributed by atoms with Gasteiger partial charge in [-0.1, -0.05) is 37.6 Å². The average Bonchev–Trinajstić information content (AvgIpc) is 2.60. The van der Waals surface area contributed by atoms with E-state index in [9.17, 15) is 4.79 Å². The Morgan fingerprint density at radius 2 is 1.96 bits per heavy atom. The molecule has 0 aliphatic heterocycles. The molecule has 6 heteroatoms. The molecule has 0 bridgehead atoms. The number of carbonyl (C=O) groups excluding carboxylic acids is 1. The summed E-state index contributed by atoms with van der Waals surface area (Å²) in [5.74, 6) is 1.57. The second kappa shape index (κ2) is 9.83. The van der Waals surface area contributed by atoms with Crippen molar-refractivity contribution >= 4 is 33.4 Å². The van der Waals surface area contributed by atoms with Crippen LogP contribution in [0.25, 0.3) is 0 Å². The van der Waals surface area contributed by atoms with Gasteiger partial charge in [0.25, 0.3) is 5.91 Å². The number of benzene rings is 2. The summed E-state index contributed by atoms with van der Waals surface area (Å²) in [7, 11) is 0. The molecule has 0 saturated heterocycles. The molecule has 2 rings (SSSR count). The molecule has 26 heavy (non-hydrogen) atoms. The lowest BCUT2D eigenvalue weighted by molar-refractivity contribution is -0.123. The smallest absolute Gasteiger partial charge is 0.258 e. The van der Waals surface area contributed by atoms with Crippen molar-refractivity contribution in [3.05, 3.63) is 57.0 Å². The zero-order chi connectivity index (χ0) is 19.1. The van der Waals surface area contributed by atoms with Crippen LogP contribution in [0.2, 0.25) is 5.02 Å². The lowest BCUT2D eigenvalue weighted by Crippen LogP contribution is -2.32. The topological polar surface area (TPSA) is 47.6 Å². The minimum Gasteiger partial charge on any atom is -0.492 e. The molecule has 0 saturated carbocycles. The molecule has 0 unspecified atom stereocenters. The first-order chi connectivity index (χ1) is 12.4. The summed E-state index contributed by atoms with van der Waals surface area (Å²) in [4.78, 5) is 11.9. The van der Waals surface area contributed by atoms with E-state index >= 15 is 0 Å². The standard InChI is InChI=1S/C20H23BrClNO3/c1-13(2)15-5-7-19(17(21)10-15)26-12-20(24)23-8-9-25-16-6-4-14(3)18(22)11-16/h4-7,10-11,13H,8-9,12H2,1-3H3,(H,23,24). The number of ether oxygens (including phenoxy) is 2. The highest BCUT2D eigenvalue weighted by atomic mass is 79.9. The predicted molar refractivity (Wildman–Crippen MR) is 108 cm³/mol. The third-order valence-corrected chi connectivity index (χ3v) is 4.84.